The quantitative estimate of drug-likeness (QED) is 0.792. The van der Waals surface area contributed by atoms with Gasteiger partial charge >= 0.3 is 0 Å². The molecule has 0 aromatic carbocycles. The van der Waals surface area contributed by atoms with E-state index in [0.717, 1.165) is 18.0 Å². The molecule has 2 nitrogen and oxygen atoms in total. The summed E-state index contributed by atoms with van der Waals surface area (Å²) in [5, 5.41) is 3.55. The van der Waals surface area contributed by atoms with Gasteiger partial charge in [0.2, 0.25) is 0 Å². The molecule has 2 atom stereocenters. The molecule has 17 heavy (non-hydrogen) atoms. The fourth-order valence-corrected chi connectivity index (χ4v) is 3.59. The Morgan fingerprint density at radius 1 is 1.24 bits per heavy atom. The molecule has 2 heteroatoms. The van der Waals surface area contributed by atoms with Crippen LogP contribution in [0.4, 0.5) is 0 Å². The number of nitrogens with one attached hydrogen (secondary N) is 1. The molecule has 0 radical (unpaired) electrons. The van der Waals surface area contributed by atoms with E-state index in [9.17, 15) is 0 Å². The van der Waals surface area contributed by atoms with E-state index in [1.807, 2.05) is 0 Å². The number of rotatable bonds is 5. The Kier molecular flexibility index (Phi) is 4.14. The molecule has 0 spiro atoms. The highest BCUT2D eigenvalue weighted by Crippen LogP contribution is 2.40. The Morgan fingerprint density at radius 3 is 2.47 bits per heavy atom. The van der Waals surface area contributed by atoms with Crippen LogP contribution in [0.25, 0.3) is 0 Å². The van der Waals surface area contributed by atoms with Crippen LogP contribution in [-0.2, 0) is 0 Å². The second-order valence-electron chi connectivity index (χ2n) is 6.88. The largest absolute Gasteiger partial charge is 0.317 e. The van der Waals surface area contributed by atoms with Crippen molar-refractivity contribution in [3.8, 4) is 0 Å². The van der Waals surface area contributed by atoms with Gasteiger partial charge in [0.1, 0.15) is 0 Å². The summed E-state index contributed by atoms with van der Waals surface area (Å²) < 4.78 is 0. The summed E-state index contributed by atoms with van der Waals surface area (Å²) in [5.74, 6) is 0.851. The lowest BCUT2D eigenvalue weighted by Gasteiger charge is -2.42. The lowest BCUT2D eigenvalue weighted by atomic mass is 9.69. The third-order valence-corrected chi connectivity index (χ3v) is 4.83. The number of hydrogen-bond acceptors (Lipinski definition) is 2. The third kappa shape index (κ3) is 3.45. The topological polar surface area (TPSA) is 15.3 Å². The van der Waals surface area contributed by atoms with Gasteiger partial charge in [-0.1, -0.05) is 20.8 Å². The molecule has 2 aliphatic carbocycles. The summed E-state index contributed by atoms with van der Waals surface area (Å²) >= 11 is 0. The first-order chi connectivity index (χ1) is 8.05. The van der Waals surface area contributed by atoms with Crippen LogP contribution < -0.4 is 5.32 Å². The summed E-state index contributed by atoms with van der Waals surface area (Å²) in [5.41, 5.74) is 0.557. The standard InChI is InChI=1S/C15H30N2/c1-5-17(13-6-7-13)11-12-10-15(2,3)9-8-14(12)16-4/h12-14,16H,5-11H2,1-4H3. The van der Waals surface area contributed by atoms with E-state index in [4.69, 9.17) is 0 Å². The Bertz CT molecular complexity index is 245. The van der Waals surface area contributed by atoms with E-state index in [0.29, 0.717) is 5.41 Å². The molecule has 0 saturated heterocycles. The van der Waals surface area contributed by atoms with Gasteiger partial charge in [0.25, 0.3) is 0 Å². The molecular formula is C15H30N2. The highest BCUT2D eigenvalue weighted by Gasteiger charge is 2.37. The number of hydrogen-bond donors (Lipinski definition) is 1. The molecule has 0 aromatic rings. The van der Waals surface area contributed by atoms with E-state index in [2.05, 4.69) is 38.0 Å². The molecule has 1 N–H and O–H groups in total. The SMILES string of the molecule is CCN(CC1CC(C)(C)CCC1NC)C1CC1. The average molecular weight is 238 g/mol. The molecule has 2 fully saturated rings. The van der Waals surface area contributed by atoms with Crippen molar-refractivity contribution in [3.05, 3.63) is 0 Å². The van der Waals surface area contributed by atoms with Crippen LogP contribution in [0.15, 0.2) is 0 Å². The maximum absolute atomic E-state index is 3.55. The predicted octanol–water partition coefficient (Wildman–Crippen LogP) is 2.89. The Balaban J connectivity index is 1.94. The zero-order valence-corrected chi connectivity index (χ0v) is 12.1. The molecular weight excluding hydrogens is 208 g/mol. The molecule has 0 heterocycles. The fraction of sp³-hybridized carbons (Fsp3) is 1.00. The van der Waals surface area contributed by atoms with Gasteiger partial charge in [0, 0.05) is 18.6 Å². The third-order valence-electron chi connectivity index (χ3n) is 4.83. The van der Waals surface area contributed by atoms with Crippen LogP contribution in [0.2, 0.25) is 0 Å². The van der Waals surface area contributed by atoms with Gasteiger partial charge in [-0.3, -0.25) is 0 Å². The molecule has 0 aliphatic heterocycles. The van der Waals surface area contributed by atoms with Crippen LogP contribution in [0.1, 0.15) is 52.9 Å². The zero-order valence-electron chi connectivity index (χ0n) is 12.1. The van der Waals surface area contributed by atoms with Crippen LogP contribution in [0.3, 0.4) is 0 Å². The van der Waals surface area contributed by atoms with E-state index >= 15 is 0 Å². The molecule has 2 saturated carbocycles. The van der Waals surface area contributed by atoms with Crippen LogP contribution >= 0.6 is 0 Å². The van der Waals surface area contributed by atoms with Crippen molar-refractivity contribution in [3.63, 3.8) is 0 Å². The summed E-state index contributed by atoms with van der Waals surface area (Å²) in [6, 6.07) is 1.67. The molecule has 2 unspecified atom stereocenters. The molecule has 2 rings (SSSR count). The Hall–Kier alpha value is -0.0800. The van der Waals surface area contributed by atoms with E-state index in [-0.39, 0.29) is 0 Å². The van der Waals surface area contributed by atoms with Crippen LogP contribution in [-0.4, -0.2) is 37.1 Å². The maximum Gasteiger partial charge on any atom is 0.0105 e. The Labute approximate surface area is 107 Å². The summed E-state index contributed by atoms with van der Waals surface area (Å²) in [6.45, 7) is 9.76. The maximum atomic E-state index is 3.55. The van der Waals surface area contributed by atoms with Crippen molar-refractivity contribution in [1.82, 2.24) is 10.2 Å². The van der Waals surface area contributed by atoms with Gasteiger partial charge in [-0.25, -0.2) is 0 Å². The Morgan fingerprint density at radius 2 is 1.94 bits per heavy atom. The first-order valence-electron chi connectivity index (χ1n) is 7.47. The minimum absolute atomic E-state index is 0.557. The fourth-order valence-electron chi connectivity index (χ4n) is 3.59. The molecule has 2 aliphatic rings. The monoisotopic (exact) mass is 238 g/mol. The average Bonchev–Trinajstić information content (AvgIpc) is 3.09. The summed E-state index contributed by atoms with van der Waals surface area (Å²) in [7, 11) is 2.14. The van der Waals surface area contributed by atoms with Gasteiger partial charge in [0.15, 0.2) is 0 Å². The van der Waals surface area contributed by atoms with Crippen molar-refractivity contribution in [2.24, 2.45) is 11.3 Å². The van der Waals surface area contributed by atoms with E-state index in [1.54, 1.807) is 0 Å². The number of nitrogens with zero attached hydrogens (tertiary/aromatic N) is 1. The lowest BCUT2D eigenvalue weighted by molar-refractivity contribution is 0.102. The highest BCUT2D eigenvalue weighted by molar-refractivity contribution is 4.92. The predicted molar refractivity (Wildman–Crippen MR) is 74.2 cm³/mol. The summed E-state index contributed by atoms with van der Waals surface area (Å²) in [6.07, 6.45) is 7.00. The smallest absolute Gasteiger partial charge is 0.0105 e. The molecule has 100 valence electrons. The van der Waals surface area contributed by atoms with Crippen molar-refractivity contribution < 1.29 is 0 Å². The van der Waals surface area contributed by atoms with Gasteiger partial charge in [0.05, 0.1) is 0 Å². The second kappa shape index (κ2) is 5.27. The minimum Gasteiger partial charge on any atom is -0.317 e. The highest BCUT2D eigenvalue weighted by atomic mass is 15.2. The van der Waals surface area contributed by atoms with E-state index in [1.165, 1.54) is 45.2 Å². The van der Waals surface area contributed by atoms with Crippen molar-refractivity contribution >= 4 is 0 Å². The van der Waals surface area contributed by atoms with Crippen LogP contribution in [0, 0.1) is 11.3 Å². The van der Waals surface area contributed by atoms with Gasteiger partial charge < -0.3 is 10.2 Å². The zero-order chi connectivity index (χ0) is 12.5. The van der Waals surface area contributed by atoms with Gasteiger partial charge in [-0.05, 0) is 57.0 Å². The minimum atomic E-state index is 0.557. The van der Waals surface area contributed by atoms with Crippen molar-refractivity contribution in [1.29, 1.82) is 0 Å². The van der Waals surface area contributed by atoms with Crippen molar-refractivity contribution in [2.45, 2.75) is 65.0 Å². The molecule has 0 aromatic heterocycles. The van der Waals surface area contributed by atoms with Crippen molar-refractivity contribution in [2.75, 3.05) is 20.1 Å². The lowest BCUT2D eigenvalue weighted by Crippen LogP contribution is -2.46. The van der Waals surface area contributed by atoms with Gasteiger partial charge in [-0.2, -0.15) is 0 Å². The van der Waals surface area contributed by atoms with Gasteiger partial charge in [-0.15, -0.1) is 0 Å². The normalized spacial score (nSPS) is 33.0. The molecule has 0 amide bonds. The molecule has 0 bridgehead atoms. The summed E-state index contributed by atoms with van der Waals surface area (Å²) in [4.78, 5) is 2.72. The second-order valence-corrected chi connectivity index (χ2v) is 6.88. The first-order valence-corrected chi connectivity index (χ1v) is 7.47. The first kappa shape index (κ1) is 13.4. The van der Waals surface area contributed by atoms with E-state index < -0.39 is 0 Å². The van der Waals surface area contributed by atoms with Crippen LogP contribution in [0.5, 0.6) is 0 Å².